The van der Waals surface area contributed by atoms with Crippen LogP contribution in [0.3, 0.4) is 0 Å². The molecule has 0 spiro atoms. The van der Waals surface area contributed by atoms with Crippen LogP contribution < -0.4 is 16.0 Å². The molecule has 25 heavy (non-hydrogen) atoms. The van der Waals surface area contributed by atoms with Crippen molar-refractivity contribution in [2.24, 2.45) is 0 Å². The van der Waals surface area contributed by atoms with Crippen molar-refractivity contribution in [3.8, 4) is 0 Å². The summed E-state index contributed by atoms with van der Waals surface area (Å²) in [6, 6.07) is 8.72. The molecular weight excluding hydrogens is 385 g/mol. The first kappa shape index (κ1) is 19.1. The second-order valence-corrected chi connectivity index (χ2v) is 6.12. The third-order valence-corrected chi connectivity index (χ3v) is 4.13. The van der Waals surface area contributed by atoms with Gasteiger partial charge in [0.2, 0.25) is 0 Å². The highest BCUT2D eigenvalue weighted by atomic mass is 35.5. The summed E-state index contributed by atoms with van der Waals surface area (Å²) >= 11 is 17.8. The molecule has 3 N–H and O–H groups in total. The van der Waals surface area contributed by atoms with Gasteiger partial charge in [0, 0.05) is 17.8 Å². The Labute approximate surface area is 160 Å². The Balaban J connectivity index is 2.10. The molecule has 0 aliphatic carbocycles. The molecule has 2 aromatic carbocycles. The Morgan fingerprint density at radius 1 is 0.960 bits per heavy atom. The average Bonchev–Trinajstić information content (AvgIpc) is 2.58. The first-order chi connectivity index (χ1) is 11.9. The molecule has 0 aromatic heterocycles. The highest BCUT2D eigenvalue weighted by molar-refractivity contribution is 6.42. The van der Waals surface area contributed by atoms with Crippen molar-refractivity contribution in [1.29, 1.82) is 0 Å². The molecule has 8 heteroatoms. The third kappa shape index (κ3) is 5.39. The van der Waals surface area contributed by atoms with Crippen LogP contribution in [0.5, 0.6) is 0 Å². The van der Waals surface area contributed by atoms with Crippen LogP contribution in [0, 0.1) is 0 Å². The van der Waals surface area contributed by atoms with Gasteiger partial charge in [-0.05, 0) is 36.4 Å². The molecule has 0 unspecified atom stereocenters. The van der Waals surface area contributed by atoms with Crippen molar-refractivity contribution in [3.05, 3.63) is 69.7 Å². The van der Waals surface area contributed by atoms with E-state index in [4.69, 9.17) is 34.8 Å². The molecule has 0 aliphatic rings. The van der Waals surface area contributed by atoms with Crippen LogP contribution in [0.1, 0.15) is 10.4 Å². The zero-order valence-electron chi connectivity index (χ0n) is 12.9. The van der Waals surface area contributed by atoms with E-state index in [2.05, 4.69) is 22.5 Å². The van der Waals surface area contributed by atoms with E-state index >= 15 is 0 Å². The number of hydrogen-bond acceptors (Lipinski definition) is 2. The van der Waals surface area contributed by atoms with Crippen LogP contribution in [0.2, 0.25) is 15.1 Å². The lowest BCUT2D eigenvalue weighted by atomic mass is 10.2. The number of rotatable bonds is 5. The van der Waals surface area contributed by atoms with E-state index in [9.17, 15) is 9.59 Å². The number of halogens is 3. The van der Waals surface area contributed by atoms with E-state index in [-0.39, 0.29) is 5.91 Å². The summed E-state index contributed by atoms with van der Waals surface area (Å²) in [5, 5.41) is 8.83. The van der Waals surface area contributed by atoms with Crippen LogP contribution in [0.4, 0.5) is 16.2 Å². The van der Waals surface area contributed by atoms with E-state index < -0.39 is 6.03 Å². The van der Waals surface area contributed by atoms with Crippen molar-refractivity contribution in [2.45, 2.75) is 0 Å². The van der Waals surface area contributed by atoms with Gasteiger partial charge in [0.05, 0.1) is 20.8 Å². The smallest absolute Gasteiger partial charge is 0.323 e. The number of amides is 3. The topological polar surface area (TPSA) is 70.2 Å². The Bertz CT molecular complexity index is 825. The van der Waals surface area contributed by atoms with Crippen LogP contribution in [-0.2, 0) is 0 Å². The molecule has 0 fully saturated rings. The predicted molar refractivity (Wildman–Crippen MR) is 103 cm³/mol. The molecule has 0 bridgehead atoms. The summed E-state index contributed by atoms with van der Waals surface area (Å²) in [5.41, 5.74) is 1.12. The van der Waals surface area contributed by atoms with E-state index in [1.54, 1.807) is 24.3 Å². The maximum absolute atomic E-state index is 12.1. The molecular formula is C17H14Cl3N3O2. The lowest BCUT2D eigenvalue weighted by Crippen LogP contribution is -2.24. The van der Waals surface area contributed by atoms with Gasteiger partial charge in [-0.2, -0.15) is 0 Å². The summed E-state index contributed by atoms with van der Waals surface area (Å²) in [6.45, 7) is 3.87. The minimum absolute atomic E-state index is 0.296. The standard InChI is InChI=1S/C17H14Cl3N3O2/c1-2-7-21-16(24)10-3-5-13(19)15(8-10)23-17(25)22-11-4-6-12(18)14(20)9-11/h2-6,8-9H,1,7H2,(H,21,24)(H2,22,23,25). The summed E-state index contributed by atoms with van der Waals surface area (Å²) in [5.74, 6) is -0.301. The van der Waals surface area contributed by atoms with Gasteiger partial charge in [-0.1, -0.05) is 40.9 Å². The average molecular weight is 399 g/mol. The first-order valence-corrected chi connectivity index (χ1v) is 8.26. The molecule has 0 heterocycles. The zero-order valence-corrected chi connectivity index (χ0v) is 15.2. The van der Waals surface area contributed by atoms with E-state index in [0.717, 1.165) is 0 Å². The van der Waals surface area contributed by atoms with E-state index in [0.29, 0.717) is 38.6 Å². The maximum Gasteiger partial charge on any atom is 0.323 e. The maximum atomic E-state index is 12.1. The normalized spacial score (nSPS) is 10.0. The van der Waals surface area contributed by atoms with Gasteiger partial charge in [0.15, 0.2) is 0 Å². The number of anilines is 2. The monoisotopic (exact) mass is 397 g/mol. The number of carbonyl (C=O) groups excluding carboxylic acids is 2. The van der Waals surface area contributed by atoms with E-state index in [1.165, 1.54) is 18.2 Å². The van der Waals surface area contributed by atoms with Gasteiger partial charge in [-0.25, -0.2) is 4.79 Å². The molecule has 2 rings (SSSR count). The van der Waals surface area contributed by atoms with Gasteiger partial charge in [0.25, 0.3) is 5.91 Å². The quantitative estimate of drug-likeness (QED) is 0.605. The fourth-order valence-corrected chi connectivity index (χ4v) is 2.35. The fourth-order valence-electron chi connectivity index (χ4n) is 1.89. The lowest BCUT2D eigenvalue weighted by molar-refractivity contribution is 0.0958. The third-order valence-electron chi connectivity index (χ3n) is 3.06. The second-order valence-electron chi connectivity index (χ2n) is 4.90. The molecule has 0 radical (unpaired) electrons. The Morgan fingerprint density at radius 2 is 1.68 bits per heavy atom. The Morgan fingerprint density at radius 3 is 2.36 bits per heavy atom. The summed E-state index contributed by atoms with van der Waals surface area (Å²) in [7, 11) is 0. The number of benzene rings is 2. The Hall–Kier alpha value is -2.21. The number of nitrogens with one attached hydrogen (secondary N) is 3. The van der Waals surface area contributed by atoms with Crippen LogP contribution in [0.15, 0.2) is 49.1 Å². The Kier molecular flexibility index (Phi) is 6.70. The largest absolute Gasteiger partial charge is 0.349 e. The minimum Gasteiger partial charge on any atom is -0.349 e. The highest BCUT2D eigenvalue weighted by Crippen LogP contribution is 2.26. The van der Waals surface area contributed by atoms with Crippen molar-refractivity contribution < 1.29 is 9.59 Å². The van der Waals surface area contributed by atoms with Crippen LogP contribution in [-0.4, -0.2) is 18.5 Å². The van der Waals surface area contributed by atoms with Crippen molar-refractivity contribution in [3.63, 3.8) is 0 Å². The molecule has 5 nitrogen and oxygen atoms in total. The molecule has 3 amide bonds. The molecule has 0 aliphatic heterocycles. The van der Waals surface area contributed by atoms with Gasteiger partial charge in [-0.15, -0.1) is 6.58 Å². The van der Waals surface area contributed by atoms with Gasteiger partial charge < -0.3 is 16.0 Å². The molecule has 0 saturated carbocycles. The van der Waals surface area contributed by atoms with Crippen molar-refractivity contribution in [1.82, 2.24) is 5.32 Å². The van der Waals surface area contributed by atoms with Gasteiger partial charge in [0.1, 0.15) is 0 Å². The number of carbonyl (C=O) groups is 2. The molecule has 2 aromatic rings. The van der Waals surface area contributed by atoms with Gasteiger partial charge in [-0.3, -0.25) is 4.79 Å². The molecule has 0 saturated heterocycles. The van der Waals surface area contributed by atoms with Crippen LogP contribution in [0.25, 0.3) is 0 Å². The first-order valence-electron chi connectivity index (χ1n) is 7.12. The van der Waals surface area contributed by atoms with E-state index in [1.807, 2.05) is 0 Å². The SMILES string of the molecule is C=CCNC(=O)c1ccc(Cl)c(NC(=O)Nc2ccc(Cl)c(Cl)c2)c1. The number of urea groups is 1. The molecule has 130 valence electrons. The minimum atomic E-state index is -0.538. The predicted octanol–water partition coefficient (Wildman–Crippen LogP) is 5.21. The van der Waals surface area contributed by atoms with Crippen LogP contribution >= 0.6 is 34.8 Å². The van der Waals surface area contributed by atoms with Crippen molar-refractivity contribution >= 4 is 58.1 Å². The lowest BCUT2D eigenvalue weighted by Gasteiger charge is -2.11. The van der Waals surface area contributed by atoms with Gasteiger partial charge >= 0.3 is 6.03 Å². The second kappa shape index (κ2) is 8.76. The zero-order chi connectivity index (χ0) is 18.4. The summed E-state index contributed by atoms with van der Waals surface area (Å²) in [6.07, 6.45) is 1.57. The summed E-state index contributed by atoms with van der Waals surface area (Å²) < 4.78 is 0. The van der Waals surface area contributed by atoms with Crippen molar-refractivity contribution in [2.75, 3.05) is 17.2 Å². The number of hydrogen-bond donors (Lipinski definition) is 3. The fraction of sp³-hybridized carbons (Fsp3) is 0.0588. The summed E-state index contributed by atoms with van der Waals surface area (Å²) in [4.78, 5) is 24.1. The highest BCUT2D eigenvalue weighted by Gasteiger charge is 2.11. The molecule has 0 atom stereocenters.